The second-order valence-corrected chi connectivity index (χ2v) is 19.3. The number of para-hydroxylation sites is 2. The van der Waals surface area contributed by atoms with Crippen LogP contribution in [0.4, 0.5) is 5.69 Å². The summed E-state index contributed by atoms with van der Waals surface area (Å²) in [6.07, 6.45) is 4.74. The van der Waals surface area contributed by atoms with E-state index >= 15 is 0 Å². The maximum atomic E-state index is 14.3. The molecule has 5 aromatic carbocycles. The molecule has 0 fully saturated rings. The summed E-state index contributed by atoms with van der Waals surface area (Å²) in [6.45, 7) is 9.23. The number of ether oxygens (including phenoxy) is 3. The van der Waals surface area contributed by atoms with Gasteiger partial charge < -0.3 is 50.5 Å². The number of thioether (sulfide) groups is 1. The van der Waals surface area contributed by atoms with Gasteiger partial charge in [-0.25, -0.2) is 4.67 Å². The van der Waals surface area contributed by atoms with Crippen LogP contribution in [0.5, 0.6) is 11.5 Å². The standard InChI is InChI=1S/C54H60N5O6PS.BrH/c1-39(2)59(40(3)4)66(64-35-15-32-55)65-38-45(37-63-54(42-16-9-8-10-17-42,43-22-26-46(61-6)27-23-43)44-24-28-47(62-7)29-25-44)56-52(60)31-34-58-33-30-41(48-18-11-12-19-49(48)58)36-53-57(5)50-20-13-14-21-51(50)67-53;/h8-14,16-30,33,36,39-40,45H,15,31,34-35,37-38H2,1-7H3;1H/t45-,66?;/m0./s1. The molecule has 1 aliphatic heterocycles. The van der Waals surface area contributed by atoms with E-state index in [0.29, 0.717) is 18.0 Å². The highest BCUT2D eigenvalue weighted by Gasteiger charge is 2.39. The van der Waals surface area contributed by atoms with E-state index in [1.165, 1.54) is 10.6 Å². The molecule has 0 saturated carbocycles. The zero-order valence-corrected chi connectivity index (χ0v) is 43.1. The molecule has 11 nitrogen and oxygen atoms in total. The minimum Gasteiger partial charge on any atom is -1.00 e. The fourth-order valence-corrected chi connectivity index (χ4v) is 11.2. The first-order chi connectivity index (χ1) is 32.6. The van der Waals surface area contributed by atoms with Crippen LogP contribution in [0.25, 0.3) is 17.0 Å². The van der Waals surface area contributed by atoms with Crippen LogP contribution in [0.15, 0.2) is 150 Å². The Morgan fingerprint density at radius 2 is 1.41 bits per heavy atom. The summed E-state index contributed by atoms with van der Waals surface area (Å²) >= 11 is 1.76. The molecule has 1 N–H and O–H groups in total. The quantitative estimate of drug-likeness (QED) is 0.0313. The molecule has 356 valence electrons. The molecule has 0 radical (unpaired) electrons. The van der Waals surface area contributed by atoms with E-state index < -0.39 is 20.2 Å². The van der Waals surface area contributed by atoms with Gasteiger partial charge in [-0.3, -0.25) is 4.79 Å². The van der Waals surface area contributed by atoms with Crippen molar-refractivity contribution in [2.45, 2.75) is 75.7 Å². The number of halogens is 1. The van der Waals surface area contributed by atoms with Crippen molar-refractivity contribution in [2.24, 2.45) is 0 Å². The van der Waals surface area contributed by atoms with Crippen molar-refractivity contribution in [3.63, 3.8) is 0 Å². The van der Waals surface area contributed by atoms with Crippen molar-refractivity contribution in [1.82, 2.24) is 9.99 Å². The van der Waals surface area contributed by atoms with E-state index in [-0.39, 0.29) is 67.6 Å². The number of aromatic nitrogens is 1. The summed E-state index contributed by atoms with van der Waals surface area (Å²) in [5.41, 5.74) is 4.84. The molecule has 68 heavy (non-hydrogen) atoms. The number of pyridine rings is 1. The summed E-state index contributed by atoms with van der Waals surface area (Å²) in [5.74, 6) is 1.28. The minimum absolute atomic E-state index is 0. The summed E-state index contributed by atoms with van der Waals surface area (Å²) in [4.78, 5) is 17.8. The van der Waals surface area contributed by atoms with Crippen LogP contribution >= 0.6 is 20.3 Å². The molecule has 2 heterocycles. The van der Waals surface area contributed by atoms with Gasteiger partial charge in [0.05, 0.1) is 75.1 Å². The molecule has 1 unspecified atom stereocenters. The highest BCUT2D eigenvalue weighted by Crippen LogP contribution is 2.47. The van der Waals surface area contributed by atoms with Gasteiger partial charge in [0.15, 0.2) is 12.7 Å². The van der Waals surface area contributed by atoms with Gasteiger partial charge in [-0.15, -0.1) is 0 Å². The van der Waals surface area contributed by atoms with Crippen molar-refractivity contribution in [1.29, 1.82) is 5.26 Å². The van der Waals surface area contributed by atoms with E-state index in [9.17, 15) is 10.1 Å². The maximum absolute atomic E-state index is 14.3. The molecule has 0 saturated heterocycles. The predicted octanol–water partition coefficient (Wildman–Crippen LogP) is 7.87. The Balaban J connectivity index is 0.00000761. The second-order valence-electron chi connectivity index (χ2n) is 16.8. The van der Waals surface area contributed by atoms with Gasteiger partial charge >= 0.3 is 0 Å². The molecular formula is C54H61BrN5O6PS. The van der Waals surface area contributed by atoms with Gasteiger partial charge in [0.25, 0.3) is 8.53 Å². The fourth-order valence-electron chi connectivity index (χ4n) is 8.43. The van der Waals surface area contributed by atoms with Crippen molar-refractivity contribution in [3.05, 3.63) is 167 Å². The lowest BCUT2D eigenvalue weighted by Crippen LogP contribution is -3.00. The largest absolute Gasteiger partial charge is 1.00 e. The van der Waals surface area contributed by atoms with E-state index in [2.05, 4.69) is 133 Å². The van der Waals surface area contributed by atoms with Crippen LogP contribution < -0.4 is 41.2 Å². The normalized spacial score (nSPS) is 13.9. The SMILES string of the molecule is COc1ccc(C(OC[C@@H](COP(OCCC#N)N(C(C)C)C(C)C)NC(=O)CC[n+]2ccc(/C=C3\Sc4ccccc4N3C)c3ccccc32)(c2ccccc2)c2ccc(OC)cc2)cc1.[Br-]. The average Bonchev–Trinajstić information content (AvgIpc) is 3.67. The summed E-state index contributed by atoms with van der Waals surface area (Å²) in [5, 5.41) is 14.9. The molecule has 1 aliphatic rings. The Morgan fingerprint density at radius 3 is 2.03 bits per heavy atom. The third-order valence-electron chi connectivity index (χ3n) is 11.7. The number of anilines is 1. The molecule has 7 rings (SSSR count). The summed E-state index contributed by atoms with van der Waals surface area (Å²) in [6, 6.07) is 46.5. The van der Waals surface area contributed by atoms with Crippen LogP contribution in [0.3, 0.4) is 0 Å². The zero-order chi connectivity index (χ0) is 47.3. The van der Waals surface area contributed by atoms with Crippen LogP contribution in [0.1, 0.15) is 62.8 Å². The van der Waals surface area contributed by atoms with Gasteiger partial charge in [0.2, 0.25) is 11.4 Å². The van der Waals surface area contributed by atoms with E-state index in [4.69, 9.17) is 23.3 Å². The minimum atomic E-state index is -1.61. The number of methoxy groups -OCH3 is 2. The number of benzene rings is 5. The molecule has 6 aromatic rings. The topological polar surface area (TPSA) is 109 Å². The zero-order valence-electron chi connectivity index (χ0n) is 39.8. The monoisotopic (exact) mass is 1020 g/mol. The number of amides is 1. The van der Waals surface area contributed by atoms with E-state index in [0.717, 1.165) is 38.2 Å². The number of rotatable bonds is 22. The van der Waals surface area contributed by atoms with Crippen molar-refractivity contribution in [2.75, 3.05) is 46.0 Å². The van der Waals surface area contributed by atoms with Gasteiger partial charge in [-0.05, 0) is 98.5 Å². The molecule has 0 bridgehead atoms. The predicted molar refractivity (Wildman–Crippen MR) is 269 cm³/mol. The Morgan fingerprint density at radius 1 is 0.809 bits per heavy atom. The molecule has 2 atom stereocenters. The highest BCUT2D eigenvalue weighted by molar-refractivity contribution is 8.03. The number of carbonyl (C=O) groups excluding carboxylic acids is 1. The fraction of sp³-hybridized carbons (Fsp3) is 0.315. The van der Waals surface area contributed by atoms with Crippen LogP contribution in [-0.2, 0) is 30.7 Å². The lowest BCUT2D eigenvalue weighted by molar-refractivity contribution is -0.670. The number of nitrogens with one attached hydrogen (secondary N) is 1. The summed E-state index contributed by atoms with van der Waals surface area (Å²) < 4.78 is 35.8. The molecule has 14 heteroatoms. The van der Waals surface area contributed by atoms with Gasteiger partial charge in [0, 0.05) is 36.2 Å². The second kappa shape index (κ2) is 24.8. The smallest absolute Gasteiger partial charge is 0.259 e. The number of aryl methyl sites for hydroxylation is 1. The molecule has 0 spiro atoms. The van der Waals surface area contributed by atoms with E-state index in [1.54, 1.807) is 26.0 Å². The number of hydrogen-bond donors (Lipinski definition) is 1. The first-order valence-electron chi connectivity index (χ1n) is 22.7. The third kappa shape index (κ3) is 12.3. The molecule has 0 aliphatic carbocycles. The van der Waals surface area contributed by atoms with Gasteiger partial charge in [0.1, 0.15) is 17.1 Å². The number of carbonyl (C=O) groups is 1. The number of hydrogen-bond acceptors (Lipinski definition) is 10. The summed E-state index contributed by atoms with van der Waals surface area (Å²) in [7, 11) is 3.79. The number of nitrogens with zero attached hydrogens (tertiary/aromatic N) is 4. The lowest BCUT2D eigenvalue weighted by atomic mass is 9.80. The van der Waals surface area contributed by atoms with Crippen LogP contribution in [0.2, 0.25) is 0 Å². The average molecular weight is 1020 g/mol. The number of fused-ring (bicyclic) bond motifs is 2. The first-order valence-corrected chi connectivity index (χ1v) is 24.6. The highest BCUT2D eigenvalue weighted by atomic mass is 79.9. The maximum Gasteiger partial charge on any atom is 0.259 e. The van der Waals surface area contributed by atoms with Gasteiger partial charge in [-0.1, -0.05) is 90.6 Å². The number of nitriles is 1. The molecule has 1 aromatic heterocycles. The first kappa shape index (κ1) is 52.1. The lowest BCUT2D eigenvalue weighted by Gasteiger charge is -2.38. The Labute approximate surface area is 417 Å². The van der Waals surface area contributed by atoms with Crippen LogP contribution in [-0.4, -0.2) is 69.8 Å². The van der Waals surface area contributed by atoms with Gasteiger partial charge in [-0.2, -0.15) is 9.83 Å². The Hall–Kier alpha value is -5.29. The van der Waals surface area contributed by atoms with Crippen molar-refractivity contribution >= 4 is 48.9 Å². The Kier molecular flexibility index (Phi) is 19.0. The van der Waals surface area contributed by atoms with Crippen LogP contribution in [0, 0.1) is 11.3 Å². The van der Waals surface area contributed by atoms with E-state index in [1.807, 2.05) is 72.8 Å². The van der Waals surface area contributed by atoms with Crippen molar-refractivity contribution in [3.8, 4) is 17.6 Å². The Bertz CT molecular complexity index is 2590. The van der Waals surface area contributed by atoms with Crippen molar-refractivity contribution < 1.29 is 49.6 Å². The molecule has 1 amide bonds. The molecular weight excluding hydrogens is 958 g/mol. The third-order valence-corrected chi connectivity index (χ3v) is 14.9.